The van der Waals surface area contributed by atoms with Crippen LogP contribution in [-0.2, 0) is 5.16 Å². The van der Waals surface area contributed by atoms with Gasteiger partial charge in [-0.3, -0.25) is 0 Å². The summed E-state index contributed by atoms with van der Waals surface area (Å²) in [6.07, 6.45) is 3.44. The van der Waals surface area contributed by atoms with E-state index in [1.165, 1.54) is 51.8 Å². The van der Waals surface area contributed by atoms with Crippen molar-refractivity contribution in [1.82, 2.24) is 0 Å². The topological polar surface area (TPSA) is 0 Å². The van der Waals surface area contributed by atoms with Crippen molar-refractivity contribution in [2.24, 2.45) is 0 Å². The first-order chi connectivity index (χ1) is 11.3. The molecule has 24 heavy (non-hydrogen) atoms. The molecule has 1 heteroatoms. The number of benzene rings is 2. The zero-order chi connectivity index (χ0) is 17.9. The van der Waals surface area contributed by atoms with Crippen molar-refractivity contribution >= 4 is 9.24 Å². The van der Waals surface area contributed by atoms with Crippen LogP contribution >= 0.6 is 9.24 Å². The molecule has 0 fully saturated rings. The van der Waals surface area contributed by atoms with Gasteiger partial charge in [0.25, 0.3) is 0 Å². The Morgan fingerprint density at radius 3 is 1.75 bits per heavy atom. The molecular weight excluding hydrogens is 307 g/mol. The van der Waals surface area contributed by atoms with Crippen LogP contribution in [0.25, 0.3) is 0 Å². The molecule has 0 aromatic heterocycles. The van der Waals surface area contributed by atoms with Gasteiger partial charge >= 0.3 is 0 Å². The number of allylic oxidation sites excluding steroid dienone is 1. The first kappa shape index (κ1) is 18.9. The Balaban J connectivity index is 2.67. The maximum Gasteiger partial charge on any atom is 0.0554 e. The summed E-state index contributed by atoms with van der Waals surface area (Å²) in [6, 6.07) is 13.6. The molecule has 0 N–H and O–H groups in total. The van der Waals surface area contributed by atoms with Gasteiger partial charge in [0, 0.05) is 0 Å². The van der Waals surface area contributed by atoms with Gasteiger partial charge in [-0.05, 0) is 62.8 Å². The van der Waals surface area contributed by atoms with Crippen LogP contribution in [0, 0.1) is 27.7 Å². The predicted octanol–water partition coefficient (Wildman–Crippen LogP) is 6.79. The Bertz CT molecular complexity index is 688. The van der Waals surface area contributed by atoms with Gasteiger partial charge in [0.2, 0.25) is 0 Å². The van der Waals surface area contributed by atoms with E-state index in [0.717, 1.165) is 6.42 Å². The molecule has 0 saturated carbocycles. The molecule has 0 aliphatic carbocycles. The fourth-order valence-corrected chi connectivity index (χ4v) is 4.42. The largest absolute Gasteiger partial charge is 0.117 e. The van der Waals surface area contributed by atoms with E-state index < -0.39 is 0 Å². The van der Waals surface area contributed by atoms with Gasteiger partial charge in [-0.1, -0.05) is 73.0 Å². The maximum atomic E-state index is 4.52. The minimum Gasteiger partial charge on any atom is -0.117 e. The summed E-state index contributed by atoms with van der Waals surface area (Å²) in [6.45, 7) is 15.5. The number of aryl methyl sites for hydroxylation is 4. The van der Waals surface area contributed by atoms with Crippen molar-refractivity contribution in [2.45, 2.75) is 59.0 Å². The van der Waals surface area contributed by atoms with E-state index in [1.54, 1.807) is 0 Å². The van der Waals surface area contributed by atoms with E-state index >= 15 is 0 Å². The Morgan fingerprint density at radius 1 is 0.917 bits per heavy atom. The molecule has 128 valence electrons. The van der Waals surface area contributed by atoms with Gasteiger partial charge in [0.15, 0.2) is 0 Å². The van der Waals surface area contributed by atoms with E-state index in [1.807, 2.05) is 0 Å². The van der Waals surface area contributed by atoms with Crippen LogP contribution in [0.15, 0.2) is 48.6 Å². The van der Waals surface area contributed by atoms with Gasteiger partial charge in [-0.15, -0.1) is 9.24 Å². The summed E-state index contributed by atoms with van der Waals surface area (Å²) in [4.78, 5) is 0. The molecule has 0 heterocycles. The molecule has 1 unspecified atom stereocenters. The second-order valence-electron chi connectivity index (χ2n) is 7.15. The Labute approximate surface area is 150 Å². The summed E-state index contributed by atoms with van der Waals surface area (Å²) in [5.41, 5.74) is 9.28. The van der Waals surface area contributed by atoms with Crippen LogP contribution < -0.4 is 0 Å². The lowest BCUT2D eigenvalue weighted by Gasteiger charge is -2.36. The summed E-state index contributed by atoms with van der Waals surface area (Å²) in [5, 5.41) is -0.218. The molecule has 0 saturated heterocycles. The van der Waals surface area contributed by atoms with Crippen LogP contribution in [0.3, 0.4) is 0 Å². The van der Waals surface area contributed by atoms with E-state index in [0.29, 0.717) is 0 Å². The average molecular weight is 338 g/mol. The third kappa shape index (κ3) is 3.65. The van der Waals surface area contributed by atoms with E-state index in [-0.39, 0.29) is 5.16 Å². The van der Waals surface area contributed by atoms with Crippen LogP contribution in [0.4, 0.5) is 0 Å². The Morgan fingerprint density at radius 2 is 1.38 bits per heavy atom. The molecule has 0 aliphatic heterocycles. The molecule has 2 rings (SSSR count). The standard InChI is InChI=1S/C23H31P/c1-7-8-9-20(6)23(24,21-12-10-16(2)14-18(21)4)22-13-11-17(3)15-19(22)5/h10-15H,6-9,24H2,1-5H3. The van der Waals surface area contributed by atoms with Crippen molar-refractivity contribution < 1.29 is 0 Å². The summed E-state index contributed by atoms with van der Waals surface area (Å²) < 4.78 is 0. The number of hydrogen-bond donors (Lipinski definition) is 0. The zero-order valence-corrected chi connectivity index (χ0v) is 17.0. The van der Waals surface area contributed by atoms with Crippen molar-refractivity contribution in [2.75, 3.05) is 0 Å². The third-order valence-corrected chi connectivity index (χ3v) is 6.03. The number of rotatable bonds is 6. The maximum absolute atomic E-state index is 4.52. The smallest absolute Gasteiger partial charge is 0.0554 e. The Kier molecular flexibility index (Phi) is 6.05. The molecule has 2 aromatic rings. The van der Waals surface area contributed by atoms with Gasteiger partial charge in [-0.25, -0.2) is 0 Å². The molecule has 0 radical (unpaired) electrons. The Hall–Kier alpha value is -1.39. The van der Waals surface area contributed by atoms with Crippen molar-refractivity contribution in [3.05, 3.63) is 81.9 Å². The van der Waals surface area contributed by atoms with Gasteiger partial charge < -0.3 is 0 Å². The molecule has 1 atom stereocenters. The average Bonchev–Trinajstić information content (AvgIpc) is 2.51. The van der Waals surface area contributed by atoms with E-state index in [9.17, 15) is 0 Å². The summed E-state index contributed by atoms with van der Waals surface area (Å²) >= 11 is 0. The van der Waals surface area contributed by atoms with Gasteiger partial charge in [0.05, 0.1) is 5.16 Å². The molecular formula is C23H31P. The number of unbranched alkanes of at least 4 members (excludes halogenated alkanes) is 1. The fraction of sp³-hybridized carbons (Fsp3) is 0.391. The van der Waals surface area contributed by atoms with Gasteiger partial charge in [-0.2, -0.15) is 0 Å². The number of hydrogen-bond acceptors (Lipinski definition) is 0. The first-order valence-corrected chi connectivity index (χ1v) is 9.51. The van der Waals surface area contributed by atoms with Crippen molar-refractivity contribution in [1.29, 1.82) is 0 Å². The highest BCUT2D eigenvalue weighted by molar-refractivity contribution is 7.19. The van der Waals surface area contributed by atoms with Crippen LogP contribution in [0.2, 0.25) is 0 Å². The lowest BCUT2D eigenvalue weighted by Crippen LogP contribution is -2.25. The predicted molar refractivity (Wildman–Crippen MR) is 111 cm³/mol. The molecule has 0 amide bonds. The minimum atomic E-state index is -0.218. The molecule has 0 nitrogen and oxygen atoms in total. The highest BCUT2D eigenvalue weighted by Gasteiger charge is 2.34. The zero-order valence-electron chi connectivity index (χ0n) is 15.9. The SMILES string of the molecule is C=C(CCCC)C(P)(c1ccc(C)cc1C)c1ccc(C)cc1C. The third-order valence-electron chi connectivity index (χ3n) is 5.00. The minimum absolute atomic E-state index is 0.218. The molecule has 2 aromatic carbocycles. The first-order valence-electron chi connectivity index (χ1n) is 8.93. The lowest BCUT2D eigenvalue weighted by atomic mass is 9.78. The fourth-order valence-electron chi connectivity index (χ4n) is 3.63. The van der Waals surface area contributed by atoms with Crippen LogP contribution in [0.1, 0.15) is 59.6 Å². The van der Waals surface area contributed by atoms with Crippen LogP contribution in [-0.4, -0.2) is 0 Å². The monoisotopic (exact) mass is 338 g/mol. The van der Waals surface area contributed by atoms with E-state index in [4.69, 9.17) is 0 Å². The molecule has 0 bridgehead atoms. The lowest BCUT2D eigenvalue weighted by molar-refractivity contribution is 0.717. The van der Waals surface area contributed by atoms with Crippen molar-refractivity contribution in [3.63, 3.8) is 0 Å². The van der Waals surface area contributed by atoms with Gasteiger partial charge in [0.1, 0.15) is 0 Å². The van der Waals surface area contributed by atoms with Crippen LogP contribution in [0.5, 0.6) is 0 Å². The second kappa shape index (κ2) is 7.66. The normalized spacial score (nSPS) is 11.6. The second-order valence-corrected chi connectivity index (χ2v) is 8.02. The molecule has 0 aliphatic rings. The van der Waals surface area contributed by atoms with Crippen molar-refractivity contribution in [3.8, 4) is 0 Å². The summed E-state index contributed by atoms with van der Waals surface area (Å²) in [7, 11) is 3.16. The quantitative estimate of drug-likeness (QED) is 0.402. The van der Waals surface area contributed by atoms with E-state index in [2.05, 4.69) is 86.8 Å². The highest BCUT2D eigenvalue weighted by atomic mass is 31.0. The summed E-state index contributed by atoms with van der Waals surface area (Å²) in [5.74, 6) is 0. The molecule has 0 spiro atoms. The highest BCUT2D eigenvalue weighted by Crippen LogP contribution is 2.48.